The molecule has 552 valence electrons. The number of phosphoric ester groups is 2. The highest BCUT2D eigenvalue weighted by molar-refractivity contribution is 7.47. The van der Waals surface area contributed by atoms with Gasteiger partial charge in [-0.25, -0.2) is 9.13 Å². The Labute approximate surface area is 568 Å². The van der Waals surface area contributed by atoms with Crippen LogP contribution < -0.4 is 0 Å². The lowest BCUT2D eigenvalue weighted by Crippen LogP contribution is -2.30. The molecule has 0 aromatic heterocycles. The molecule has 17 nitrogen and oxygen atoms in total. The highest BCUT2D eigenvalue weighted by Crippen LogP contribution is 2.45. The van der Waals surface area contributed by atoms with Crippen molar-refractivity contribution in [1.29, 1.82) is 0 Å². The van der Waals surface area contributed by atoms with E-state index in [1.54, 1.807) is 0 Å². The normalized spacial score (nSPS) is 14.1. The SMILES string of the molecule is CCCCCCCCCCCCCCCCC(=O)OC[C@H](COP(=O)(O)OC[C@@H](O)COP(=O)(O)OC[C@@H](COC(=O)CCCCCCCCCCC(C)C)OC(=O)CCCCCCCCCCCCCCC)OC(=O)CCCCCCCCCCCCCCC(C)C. The molecule has 0 amide bonds. The van der Waals surface area contributed by atoms with Crippen LogP contribution in [0, 0.1) is 11.8 Å². The second-order valence-corrected chi connectivity index (χ2v) is 30.5. The minimum atomic E-state index is -4.95. The zero-order valence-corrected chi connectivity index (χ0v) is 62.3. The Hall–Kier alpha value is -1.94. The maximum atomic E-state index is 13.1. The number of aliphatic hydroxyl groups excluding tert-OH is 1. The van der Waals surface area contributed by atoms with Crippen molar-refractivity contribution < 1.29 is 80.2 Å². The first-order valence-corrected chi connectivity index (χ1v) is 41.5. The Bertz CT molecular complexity index is 1800. The minimum Gasteiger partial charge on any atom is -0.462 e. The van der Waals surface area contributed by atoms with Gasteiger partial charge in [-0.1, -0.05) is 330 Å². The average molecular weight is 1370 g/mol. The van der Waals surface area contributed by atoms with Gasteiger partial charge in [0.1, 0.15) is 19.3 Å². The molecule has 2 unspecified atom stereocenters. The van der Waals surface area contributed by atoms with Gasteiger partial charge >= 0.3 is 39.5 Å². The molecule has 0 heterocycles. The summed E-state index contributed by atoms with van der Waals surface area (Å²) in [4.78, 5) is 72.7. The molecule has 0 rings (SSSR count). The third-order valence-electron chi connectivity index (χ3n) is 17.2. The maximum absolute atomic E-state index is 13.1. The van der Waals surface area contributed by atoms with Crippen molar-refractivity contribution in [1.82, 2.24) is 0 Å². The predicted molar refractivity (Wildman–Crippen MR) is 377 cm³/mol. The van der Waals surface area contributed by atoms with Crippen molar-refractivity contribution in [3.8, 4) is 0 Å². The fourth-order valence-corrected chi connectivity index (χ4v) is 12.9. The van der Waals surface area contributed by atoms with E-state index in [0.717, 1.165) is 102 Å². The lowest BCUT2D eigenvalue weighted by Gasteiger charge is -2.21. The van der Waals surface area contributed by atoms with Crippen LogP contribution in [0.2, 0.25) is 0 Å². The summed E-state index contributed by atoms with van der Waals surface area (Å²) in [5, 5.41) is 10.6. The van der Waals surface area contributed by atoms with E-state index in [1.165, 1.54) is 199 Å². The van der Waals surface area contributed by atoms with E-state index in [1.807, 2.05) is 0 Å². The zero-order chi connectivity index (χ0) is 68.6. The Balaban J connectivity index is 5.26. The number of rotatable bonds is 73. The van der Waals surface area contributed by atoms with Gasteiger partial charge in [-0.2, -0.15) is 0 Å². The van der Waals surface area contributed by atoms with Gasteiger partial charge in [0.25, 0.3) is 0 Å². The van der Waals surface area contributed by atoms with E-state index in [0.29, 0.717) is 25.7 Å². The molecule has 0 aliphatic heterocycles. The van der Waals surface area contributed by atoms with Gasteiger partial charge in [0.15, 0.2) is 12.2 Å². The third-order valence-corrected chi connectivity index (χ3v) is 19.1. The van der Waals surface area contributed by atoms with E-state index in [-0.39, 0.29) is 25.7 Å². The van der Waals surface area contributed by atoms with Gasteiger partial charge in [0, 0.05) is 25.7 Å². The molecule has 5 atom stereocenters. The Morgan fingerprint density at radius 1 is 0.290 bits per heavy atom. The molecular formula is C74H144O17P2. The summed E-state index contributed by atoms with van der Waals surface area (Å²) in [6.07, 6.45) is 52.6. The summed E-state index contributed by atoms with van der Waals surface area (Å²) in [5.74, 6) is -0.613. The molecule has 0 aliphatic carbocycles. The topological polar surface area (TPSA) is 237 Å². The summed E-state index contributed by atoms with van der Waals surface area (Å²) < 4.78 is 68.5. The van der Waals surface area contributed by atoms with Crippen molar-refractivity contribution in [2.24, 2.45) is 11.8 Å². The second kappa shape index (κ2) is 66.0. The average Bonchev–Trinajstić information content (AvgIpc) is 2.29. The summed E-state index contributed by atoms with van der Waals surface area (Å²) in [6, 6.07) is 0. The number of phosphoric acid groups is 2. The van der Waals surface area contributed by atoms with Crippen molar-refractivity contribution in [2.45, 2.75) is 400 Å². The molecule has 0 aliphatic rings. The number of hydrogen-bond acceptors (Lipinski definition) is 15. The molecule has 0 bridgehead atoms. The van der Waals surface area contributed by atoms with E-state index in [4.69, 9.17) is 37.0 Å². The van der Waals surface area contributed by atoms with Crippen LogP contribution in [0.5, 0.6) is 0 Å². The summed E-state index contributed by atoms with van der Waals surface area (Å²) >= 11 is 0. The lowest BCUT2D eigenvalue weighted by molar-refractivity contribution is -0.161. The van der Waals surface area contributed by atoms with Gasteiger partial charge in [-0.3, -0.25) is 37.3 Å². The number of ether oxygens (including phenoxy) is 4. The number of carbonyl (C=O) groups is 4. The van der Waals surface area contributed by atoms with Gasteiger partial charge in [-0.15, -0.1) is 0 Å². The fourth-order valence-electron chi connectivity index (χ4n) is 11.3. The molecule has 19 heteroatoms. The highest BCUT2D eigenvalue weighted by atomic mass is 31.2. The van der Waals surface area contributed by atoms with Gasteiger partial charge in [0.2, 0.25) is 0 Å². The van der Waals surface area contributed by atoms with Crippen LogP contribution in [0.25, 0.3) is 0 Å². The van der Waals surface area contributed by atoms with Crippen LogP contribution in [-0.4, -0.2) is 96.7 Å². The van der Waals surface area contributed by atoms with Crippen molar-refractivity contribution >= 4 is 39.5 Å². The Morgan fingerprint density at radius 2 is 0.495 bits per heavy atom. The van der Waals surface area contributed by atoms with Gasteiger partial charge < -0.3 is 33.8 Å². The van der Waals surface area contributed by atoms with E-state index >= 15 is 0 Å². The van der Waals surface area contributed by atoms with Gasteiger partial charge in [-0.05, 0) is 37.5 Å². The second-order valence-electron chi connectivity index (χ2n) is 27.6. The number of unbranched alkanes of at least 4 members (excludes halogenated alkanes) is 43. The molecule has 0 saturated carbocycles. The number of hydrogen-bond donors (Lipinski definition) is 3. The van der Waals surface area contributed by atoms with E-state index < -0.39 is 97.5 Å². The molecule has 0 saturated heterocycles. The summed E-state index contributed by atoms with van der Waals surface area (Å²) in [7, 11) is -9.91. The van der Waals surface area contributed by atoms with Crippen molar-refractivity contribution in [3.63, 3.8) is 0 Å². The standard InChI is InChI=1S/C74H144O17P2/c1-7-9-11-13-15-17-19-21-23-27-31-38-44-50-56-71(76)84-62-69(90-74(79)59-53-47-41-33-29-25-24-26-30-36-42-48-54-66(3)4)64-88-92(80,81)86-60-68(75)61-87-93(82,83)89-65-70(63-85-72(77)57-51-45-39-35-34-37-43-49-55-67(5)6)91-73(78)58-52-46-40-32-28-22-20-18-16-14-12-10-8-2/h66-70,75H,7-65H2,1-6H3,(H,80,81)(H,82,83)/t68-,69-,70-/m1/s1. The van der Waals surface area contributed by atoms with Crippen LogP contribution in [0.15, 0.2) is 0 Å². The molecule has 0 radical (unpaired) electrons. The number of esters is 4. The van der Waals surface area contributed by atoms with E-state index in [9.17, 15) is 43.2 Å². The summed E-state index contributed by atoms with van der Waals surface area (Å²) in [5.41, 5.74) is 0. The van der Waals surface area contributed by atoms with Crippen LogP contribution >= 0.6 is 15.6 Å². The first kappa shape index (κ1) is 91.1. The first-order chi connectivity index (χ1) is 44.9. The molecule has 0 spiro atoms. The minimum absolute atomic E-state index is 0.107. The molecule has 3 N–H and O–H groups in total. The van der Waals surface area contributed by atoms with Crippen molar-refractivity contribution in [3.05, 3.63) is 0 Å². The van der Waals surface area contributed by atoms with E-state index in [2.05, 4.69) is 41.5 Å². The fraction of sp³-hybridized carbons (Fsp3) is 0.946. The highest BCUT2D eigenvalue weighted by Gasteiger charge is 2.30. The summed E-state index contributed by atoms with van der Waals surface area (Å²) in [6.45, 7) is 9.56. The first-order valence-electron chi connectivity index (χ1n) is 38.5. The monoisotopic (exact) mass is 1370 g/mol. The maximum Gasteiger partial charge on any atom is 0.472 e. The third kappa shape index (κ3) is 68.4. The largest absolute Gasteiger partial charge is 0.472 e. The smallest absolute Gasteiger partial charge is 0.462 e. The molecule has 0 aromatic rings. The van der Waals surface area contributed by atoms with Crippen LogP contribution in [-0.2, 0) is 65.4 Å². The predicted octanol–water partition coefficient (Wildman–Crippen LogP) is 21.6. The zero-order valence-electron chi connectivity index (χ0n) is 60.6. The Morgan fingerprint density at radius 3 is 0.731 bits per heavy atom. The van der Waals surface area contributed by atoms with Gasteiger partial charge in [0.05, 0.1) is 26.4 Å². The lowest BCUT2D eigenvalue weighted by atomic mass is 10.0. The Kier molecular flexibility index (Phi) is 64.6. The van der Waals surface area contributed by atoms with Crippen LogP contribution in [0.4, 0.5) is 0 Å². The number of carbonyl (C=O) groups excluding carboxylic acids is 4. The molecule has 0 fully saturated rings. The molecule has 93 heavy (non-hydrogen) atoms. The van der Waals surface area contributed by atoms with Crippen LogP contribution in [0.3, 0.4) is 0 Å². The van der Waals surface area contributed by atoms with Crippen molar-refractivity contribution in [2.75, 3.05) is 39.6 Å². The molecular weight excluding hydrogens is 1220 g/mol. The molecule has 0 aromatic carbocycles. The van der Waals surface area contributed by atoms with Crippen LogP contribution in [0.1, 0.15) is 382 Å². The quantitative estimate of drug-likeness (QED) is 0.0222. The number of aliphatic hydroxyl groups is 1.